The molecule has 0 aliphatic heterocycles. The molecule has 1 N–H and O–H groups in total. The lowest BCUT2D eigenvalue weighted by atomic mass is 9.88. The highest BCUT2D eigenvalue weighted by Crippen LogP contribution is 2.28. The number of carbonyl (C=O) groups excluding carboxylic acids is 1. The third-order valence-electron chi connectivity index (χ3n) is 5.12. The Morgan fingerprint density at radius 2 is 1.43 bits per heavy atom. The summed E-state index contributed by atoms with van der Waals surface area (Å²) in [5.74, 6) is -0.230. The summed E-state index contributed by atoms with van der Waals surface area (Å²) < 4.78 is 0. The van der Waals surface area contributed by atoms with Gasteiger partial charge >= 0.3 is 0 Å². The number of nitrogens with zero attached hydrogens (tertiary/aromatic N) is 1. The van der Waals surface area contributed by atoms with Gasteiger partial charge < -0.3 is 5.32 Å². The van der Waals surface area contributed by atoms with Crippen LogP contribution in [0.1, 0.15) is 22.6 Å². The van der Waals surface area contributed by atoms with E-state index in [9.17, 15) is 4.79 Å². The number of amides is 1. The van der Waals surface area contributed by atoms with Gasteiger partial charge in [0.05, 0.1) is 6.42 Å². The Morgan fingerprint density at radius 3 is 2.00 bits per heavy atom. The van der Waals surface area contributed by atoms with E-state index < -0.39 is 0 Å². The van der Waals surface area contributed by atoms with Crippen molar-refractivity contribution in [3.05, 3.63) is 127 Å². The SMILES string of the molecule is Cc1cnccc1-c1ccc(NC(=O)[CH]C(c2ccccc2)c2ccccc2)cc1. The standard InChI is InChI=1S/C27H23N2O/c1-20-19-28-17-16-25(20)23-12-14-24(15-13-23)29-27(30)18-26(21-8-4-2-5-9-21)22-10-6-3-7-11-22/h2-19,26H,1H3,(H,29,30). The molecule has 3 nitrogen and oxygen atoms in total. The van der Waals surface area contributed by atoms with Gasteiger partial charge in [-0.1, -0.05) is 72.8 Å². The fourth-order valence-electron chi connectivity index (χ4n) is 3.57. The first-order chi connectivity index (χ1) is 14.7. The van der Waals surface area contributed by atoms with Gasteiger partial charge in [-0.05, 0) is 52.9 Å². The Balaban J connectivity index is 1.49. The minimum atomic E-state index is -0.124. The molecular formula is C27H23N2O. The van der Waals surface area contributed by atoms with Gasteiger partial charge in [0.25, 0.3) is 0 Å². The van der Waals surface area contributed by atoms with E-state index in [0.717, 1.165) is 33.5 Å². The lowest BCUT2D eigenvalue weighted by Gasteiger charge is -2.17. The highest BCUT2D eigenvalue weighted by atomic mass is 16.1. The lowest BCUT2D eigenvalue weighted by molar-refractivity contribution is -0.113. The molecule has 3 aromatic carbocycles. The van der Waals surface area contributed by atoms with Gasteiger partial charge in [0.15, 0.2) is 0 Å². The maximum Gasteiger partial charge on any atom is 0.229 e. The molecule has 147 valence electrons. The number of anilines is 1. The highest BCUT2D eigenvalue weighted by Gasteiger charge is 2.18. The minimum Gasteiger partial charge on any atom is -0.326 e. The van der Waals surface area contributed by atoms with E-state index in [4.69, 9.17) is 0 Å². The molecule has 30 heavy (non-hydrogen) atoms. The molecule has 3 heteroatoms. The van der Waals surface area contributed by atoms with Crippen LogP contribution in [0.3, 0.4) is 0 Å². The summed E-state index contributed by atoms with van der Waals surface area (Å²) in [6.07, 6.45) is 5.39. The average Bonchev–Trinajstić information content (AvgIpc) is 2.80. The zero-order chi connectivity index (χ0) is 20.8. The molecule has 0 unspecified atom stereocenters. The van der Waals surface area contributed by atoms with Gasteiger partial charge in [0, 0.05) is 24.0 Å². The number of aryl methyl sites for hydroxylation is 1. The van der Waals surface area contributed by atoms with Crippen LogP contribution in [0.5, 0.6) is 0 Å². The summed E-state index contributed by atoms with van der Waals surface area (Å²) in [6, 6.07) is 30.1. The van der Waals surface area contributed by atoms with Crippen molar-refractivity contribution in [3.8, 4) is 11.1 Å². The number of hydrogen-bond donors (Lipinski definition) is 1. The molecule has 0 bridgehead atoms. The van der Waals surface area contributed by atoms with Crippen molar-refractivity contribution in [2.24, 2.45) is 0 Å². The molecule has 1 aromatic heterocycles. The summed E-state index contributed by atoms with van der Waals surface area (Å²) >= 11 is 0. The molecule has 0 aliphatic rings. The van der Waals surface area contributed by atoms with Crippen molar-refractivity contribution in [3.63, 3.8) is 0 Å². The third-order valence-corrected chi connectivity index (χ3v) is 5.12. The number of hydrogen-bond acceptors (Lipinski definition) is 2. The molecule has 0 aliphatic carbocycles. The second-order valence-corrected chi connectivity index (χ2v) is 7.22. The predicted octanol–water partition coefficient (Wildman–Crippen LogP) is 6.03. The van der Waals surface area contributed by atoms with Crippen LogP contribution in [0.15, 0.2) is 103 Å². The van der Waals surface area contributed by atoms with Crippen LogP contribution in [0.25, 0.3) is 11.1 Å². The Hall–Kier alpha value is -3.72. The molecule has 0 spiro atoms. The van der Waals surface area contributed by atoms with Crippen LogP contribution >= 0.6 is 0 Å². The molecule has 0 saturated heterocycles. The minimum absolute atomic E-state index is 0.105. The molecule has 1 radical (unpaired) electrons. The van der Waals surface area contributed by atoms with Gasteiger partial charge in [0.2, 0.25) is 5.91 Å². The topological polar surface area (TPSA) is 42.0 Å². The maximum atomic E-state index is 12.8. The summed E-state index contributed by atoms with van der Waals surface area (Å²) in [7, 11) is 0. The first-order valence-corrected chi connectivity index (χ1v) is 9.97. The number of benzene rings is 3. The Kier molecular flexibility index (Phi) is 6.00. The zero-order valence-electron chi connectivity index (χ0n) is 16.8. The van der Waals surface area contributed by atoms with Crippen LogP contribution in [0.2, 0.25) is 0 Å². The van der Waals surface area contributed by atoms with Crippen LogP contribution in [0, 0.1) is 13.3 Å². The van der Waals surface area contributed by atoms with E-state index in [1.807, 2.05) is 104 Å². The van der Waals surface area contributed by atoms with Crippen molar-refractivity contribution in [1.29, 1.82) is 0 Å². The van der Waals surface area contributed by atoms with Crippen molar-refractivity contribution in [1.82, 2.24) is 4.98 Å². The lowest BCUT2D eigenvalue weighted by Crippen LogP contribution is -2.17. The Morgan fingerprint density at radius 1 is 0.833 bits per heavy atom. The first kappa shape index (κ1) is 19.6. The van der Waals surface area contributed by atoms with E-state index in [-0.39, 0.29) is 11.8 Å². The Labute approximate surface area is 177 Å². The molecule has 4 rings (SSSR count). The average molecular weight is 391 g/mol. The second-order valence-electron chi connectivity index (χ2n) is 7.22. The third kappa shape index (κ3) is 4.64. The second kappa shape index (κ2) is 9.19. The Bertz CT molecular complexity index is 1070. The van der Waals surface area contributed by atoms with Crippen molar-refractivity contribution in [2.45, 2.75) is 12.8 Å². The maximum absolute atomic E-state index is 12.8. The molecule has 1 amide bonds. The van der Waals surface area contributed by atoms with Gasteiger partial charge in [-0.25, -0.2) is 0 Å². The van der Waals surface area contributed by atoms with E-state index in [0.29, 0.717) is 0 Å². The number of carbonyl (C=O) groups is 1. The predicted molar refractivity (Wildman–Crippen MR) is 122 cm³/mol. The van der Waals surface area contributed by atoms with Gasteiger partial charge in [-0.15, -0.1) is 0 Å². The molecule has 0 fully saturated rings. The van der Waals surface area contributed by atoms with E-state index >= 15 is 0 Å². The molecule has 0 atom stereocenters. The number of nitrogens with one attached hydrogen (secondary N) is 1. The fourth-order valence-corrected chi connectivity index (χ4v) is 3.57. The number of aromatic nitrogens is 1. The highest BCUT2D eigenvalue weighted by molar-refractivity contribution is 5.98. The van der Waals surface area contributed by atoms with Gasteiger partial charge in [-0.3, -0.25) is 9.78 Å². The van der Waals surface area contributed by atoms with Crippen LogP contribution < -0.4 is 5.32 Å². The molecule has 4 aromatic rings. The smallest absolute Gasteiger partial charge is 0.229 e. The molecule has 0 saturated carbocycles. The monoisotopic (exact) mass is 391 g/mol. The van der Waals surface area contributed by atoms with Gasteiger partial charge in [-0.2, -0.15) is 0 Å². The summed E-state index contributed by atoms with van der Waals surface area (Å²) in [5.41, 5.74) is 6.30. The van der Waals surface area contributed by atoms with Gasteiger partial charge in [0.1, 0.15) is 0 Å². The van der Waals surface area contributed by atoms with E-state index in [1.54, 1.807) is 12.6 Å². The van der Waals surface area contributed by atoms with E-state index in [2.05, 4.69) is 10.3 Å². The normalized spacial score (nSPS) is 10.7. The van der Waals surface area contributed by atoms with Crippen LogP contribution in [-0.4, -0.2) is 10.9 Å². The molecule has 1 heterocycles. The van der Waals surface area contributed by atoms with Crippen LogP contribution in [-0.2, 0) is 4.79 Å². The summed E-state index contributed by atoms with van der Waals surface area (Å²) in [4.78, 5) is 16.9. The first-order valence-electron chi connectivity index (χ1n) is 9.97. The zero-order valence-corrected chi connectivity index (χ0v) is 16.8. The van der Waals surface area contributed by atoms with E-state index in [1.165, 1.54) is 0 Å². The van der Waals surface area contributed by atoms with Crippen molar-refractivity contribution in [2.75, 3.05) is 5.32 Å². The van der Waals surface area contributed by atoms with Crippen molar-refractivity contribution >= 4 is 11.6 Å². The molecular weight excluding hydrogens is 368 g/mol. The van der Waals surface area contributed by atoms with Crippen LogP contribution in [0.4, 0.5) is 5.69 Å². The quantitative estimate of drug-likeness (QED) is 0.436. The summed E-state index contributed by atoms with van der Waals surface area (Å²) in [6.45, 7) is 2.04. The fraction of sp³-hybridized carbons (Fsp3) is 0.0741. The number of pyridine rings is 1. The number of rotatable bonds is 6. The largest absolute Gasteiger partial charge is 0.326 e. The van der Waals surface area contributed by atoms with Crippen molar-refractivity contribution < 1.29 is 4.79 Å². The summed E-state index contributed by atoms with van der Waals surface area (Å²) in [5, 5.41) is 3.00.